The highest BCUT2D eigenvalue weighted by molar-refractivity contribution is 5.67. The molecule has 0 amide bonds. The molecule has 2 aromatic rings. The van der Waals surface area contributed by atoms with Gasteiger partial charge in [0.2, 0.25) is 0 Å². The van der Waals surface area contributed by atoms with Crippen LogP contribution in [0, 0.1) is 31.1 Å². The highest BCUT2D eigenvalue weighted by atomic mass is 15.2. The maximum Gasteiger partial charge on any atom is 0.0665 e. The Kier molecular flexibility index (Phi) is 7.44. The van der Waals surface area contributed by atoms with Crippen molar-refractivity contribution in [1.82, 2.24) is 10.2 Å². The lowest BCUT2D eigenvalue weighted by atomic mass is 9.76. The fraction of sp³-hybridized carbons (Fsp3) is 0.455. The third kappa shape index (κ3) is 5.19. The third-order valence-electron chi connectivity index (χ3n) is 8.22. The van der Waals surface area contributed by atoms with Crippen molar-refractivity contribution in [1.29, 1.82) is 0 Å². The normalized spacial score (nSPS) is 21.4. The lowest BCUT2D eigenvalue weighted by Gasteiger charge is -2.33. The van der Waals surface area contributed by atoms with E-state index in [4.69, 9.17) is 6.42 Å². The number of rotatable bonds is 7. The number of likely N-dealkylation sites (tertiary alicyclic amines) is 1. The fourth-order valence-corrected chi connectivity index (χ4v) is 5.79. The van der Waals surface area contributed by atoms with Crippen molar-refractivity contribution in [3.63, 3.8) is 0 Å². The zero-order valence-electron chi connectivity index (χ0n) is 22.2. The molecule has 2 fully saturated rings. The number of benzene rings is 2. The second kappa shape index (κ2) is 10.4. The molecular weight excluding hydrogens is 424 g/mol. The Hall–Kier alpha value is -2.94. The van der Waals surface area contributed by atoms with E-state index in [1.165, 1.54) is 47.1 Å². The minimum atomic E-state index is 0.0990. The molecule has 2 aliphatic rings. The number of nitrogens with zero attached hydrogens (tertiary/aromatic N) is 1. The first-order chi connectivity index (χ1) is 16.8. The van der Waals surface area contributed by atoms with Crippen LogP contribution in [0.4, 0.5) is 0 Å². The molecule has 35 heavy (non-hydrogen) atoms. The van der Waals surface area contributed by atoms with Crippen LogP contribution < -0.4 is 5.32 Å². The topological polar surface area (TPSA) is 15.3 Å². The molecule has 1 saturated carbocycles. The van der Waals surface area contributed by atoms with Crippen LogP contribution in [-0.4, -0.2) is 24.0 Å². The Balaban J connectivity index is 1.60. The van der Waals surface area contributed by atoms with Crippen LogP contribution in [0.2, 0.25) is 0 Å². The van der Waals surface area contributed by atoms with Crippen LogP contribution in [0.3, 0.4) is 0 Å². The van der Waals surface area contributed by atoms with Gasteiger partial charge in [-0.1, -0.05) is 50.0 Å². The second-order valence-electron chi connectivity index (χ2n) is 10.8. The van der Waals surface area contributed by atoms with Crippen LogP contribution in [-0.2, 0) is 5.41 Å². The van der Waals surface area contributed by atoms with Crippen molar-refractivity contribution >= 4 is 5.70 Å². The van der Waals surface area contributed by atoms with E-state index >= 15 is 0 Å². The molecule has 1 aliphatic heterocycles. The predicted octanol–water partition coefficient (Wildman–Crippen LogP) is 6.94. The maximum atomic E-state index is 5.56. The summed E-state index contributed by atoms with van der Waals surface area (Å²) in [6, 6.07) is 13.8. The van der Waals surface area contributed by atoms with Crippen LogP contribution in [0.1, 0.15) is 98.7 Å². The van der Waals surface area contributed by atoms with E-state index in [9.17, 15) is 0 Å². The van der Waals surface area contributed by atoms with Crippen molar-refractivity contribution in [3.05, 3.63) is 76.4 Å². The first-order valence-electron chi connectivity index (χ1n) is 13.1. The molecule has 1 N–H and O–H groups in total. The number of aryl methyl sites for hydroxylation is 1. The van der Waals surface area contributed by atoms with Crippen molar-refractivity contribution in [2.24, 2.45) is 0 Å². The molecule has 2 heteroatoms. The van der Waals surface area contributed by atoms with Crippen molar-refractivity contribution in [2.75, 3.05) is 13.1 Å². The second-order valence-corrected chi connectivity index (χ2v) is 10.8. The van der Waals surface area contributed by atoms with Crippen LogP contribution in [0.5, 0.6) is 0 Å². The molecule has 4 rings (SSSR count). The van der Waals surface area contributed by atoms with Gasteiger partial charge in [0.25, 0.3) is 0 Å². The van der Waals surface area contributed by atoms with Gasteiger partial charge in [0.05, 0.1) is 6.04 Å². The number of hydrogen-bond donors (Lipinski definition) is 1. The number of terminal acetylenes is 1. The van der Waals surface area contributed by atoms with Crippen molar-refractivity contribution in [2.45, 2.75) is 83.7 Å². The molecule has 1 aliphatic carbocycles. The van der Waals surface area contributed by atoms with E-state index in [-0.39, 0.29) is 17.5 Å². The highest BCUT2D eigenvalue weighted by Crippen LogP contribution is 2.43. The molecule has 2 aromatic carbocycles. The quantitative estimate of drug-likeness (QED) is 0.447. The largest absolute Gasteiger partial charge is 0.371 e. The third-order valence-corrected chi connectivity index (χ3v) is 8.22. The molecule has 0 spiro atoms. The van der Waals surface area contributed by atoms with E-state index < -0.39 is 0 Å². The summed E-state index contributed by atoms with van der Waals surface area (Å²) in [5, 5.41) is 3.71. The van der Waals surface area contributed by atoms with Crippen molar-refractivity contribution in [3.8, 4) is 24.2 Å². The molecule has 3 atom stereocenters. The monoisotopic (exact) mass is 464 g/mol. The SMILES string of the molecule is C#Cc1ccc(C2(C)CCN(C(=C)c3cc(C(C)NC(C)C#CC)c(C4CCC4)cc3C)C2)cc1. The van der Waals surface area contributed by atoms with Crippen LogP contribution in [0.25, 0.3) is 5.70 Å². The van der Waals surface area contributed by atoms with Crippen LogP contribution >= 0.6 is 0 Å². The Labute approximate surface area is 213 Å². The lowest BCUT2D eigenvalue weighted by Crippen LogP contribution is -2.30. The van der Waals surface area contributed by atoms with Crippen molar-refractivity contribution < 1.29 is 0 Å². The molecule has 0 aromatic heterocycles. The van der Waals surface area contributed by atoms with Gasteiger partial charge in [0.1, 0.15) is 0 Å². The molecule has 0 bridgehead atoms. The summed E-state index contributed by atoms with van der Waals surface area (Å²) in [5.41, 5.74) is 9.07. The Bertz CT molecular complexity index is 1180. The van der Waals surface area contributed by atoms with Gasteiger partial charge < -0.3 is 4.90 Å². The molecule has 1 saturated heterocycles. The Morgan fingerprint density at radius 1 is 1.20 bits per heavy atom. The minimum absolute atomic E-state index is 0.0990. The highest BCUT2D eigenvalue weighted by Gasteiger charge is 2.36. The van der Waals surface area contributed by atoms with Gasteiger partial charge in [-0.3, -0.25) is 5.32 Å². The lowest BCUT2D eigenvalue weighted by molar-refractivity contribution is 0.411. The summed E-state index contributed by atoms with van der Waals surface area (Å²) in [6.07, 6.45) is 10.6. The van der Waals surface area contributed by atoms with E-state index in [0.717, 1.165) is 30.8 Å². The molecule has 3 unspecified atom stereocenters. The van der Waals surface area contributed by atoms with Gasteiger partial charge >= 0.3 is 0 Å². The first kappa shape index (κ1) is 25.2. The number of hydrogen-bond acceptors (Lipinski definition) is 2. The van der Waals surface area contributed by atoms with E-state index in [0.29, 0.717) is 5.92 Å². The predicted molar refractivity (Wildman–Crippen MR) is 149 cm³/mol. The average Bonchev–Trinajstić information content (AvgIpc) is 3.21. The minimum Gasteiger partial charge on any atom is -0.371 e. The average molecular weight is 465 g/mol. The summed E-state index contributed by atoms with van der Waals surface area (Å²) in [7, 11) is 0. The summed E-state index contributed by atoms with van der Waals surface area (Å²) >= 11 is 0. The fourth-order valence-electron chi connectivity index (χ4n) is 5.79. The summed E-state index contributed by atoms with van der Waals surface area (Å²) in [4.78, 5) is 2.48. The zero-order valence-corrected chi connectivity index (χ0v) is 22.2. The van der Waals surface area contributed by atoms with Gasteiger partial charge in [-0.25, -0.2) is 0 Å². The van der Waals surface area contributed by atoms with Crippen LogP contribution in [0.15, 0.2) is 43.0 Å². The summed E-state index contributed by atoms with van der Waals surface area (Å²) < 4.78 is 0. The van der Waals surface area contributed by atoms with E-state index in [2.05, 4.69) is 98.7 Å². The van der Waals surface area contributed by atoms with Gasteiger partial charge in [-0.15, -0.1) is 12.3 Å². The first-order valence-corrected chi connectivity index (χ1v) is 13.1. The smallest absolute Gasteiger partial charge is 0.0665 e. The Morgan fingerprint density at radius 2 is 1.91 bits per heavy atom. The molecule has 0 radical (unpaired) electrons. The number of nitrogens with one attached hydrogen (secondary N) is 1. The molecular formula is C33H40N2. The van der Waals surface area contributed by atoms with Gasteiger partial charge in [-0.2, -0.15) is 0 Å². The molecule has 182 valence electrons. The standard InChI is InChI=1S/C33H40N2/c1-8-11-24(4)34-25(5)31-21-30(23(3)20-32(31)28-12-10-13-28)26(6)35-19-18-33(7,22-35)29-16-14-27(9-2)15-17-29/h2,14-17,20-21,24-25,28,34H,6,10,12-13,18-19,22H2,1,3-5,7H3. The summed E-state index contributed by atoms with van der Waals surface area (Å²) in [6.45, 7) is 17.5. The van der Waals surface area contributed by atoms with Gasteiger partial charge in [-0.05, 0) is 93.3 Å². The molecule has 1 heterocycles. The summed E-state index contributed by atoms with van der Waals surface area (Å²) in [5.74, 6) is 9.71. The molecule has 2 nitrogen and oxygen atoms in total. The Morgan fingerprint density at radius 3 is 2.51 bits per heavy atom. The maximum absolute atomic E-state index is 5.56. The zero-order chi connectivity index (χ0) is 25.2. The van der Waals surface area contributed by atoms with Gasteiger partial charge in [0.15, 0.2) is 0 Å². The van der Waals surface area contributed by atoms with E-state index in [1.54, 1.807) is 0 Å². The van der Waals surface area contributed by atoms with E-state index in [1.807, 2.05) is 6.92 Å². The van der Waals surface area contributed by atoms with Gasteiger partial charge in [0, 0.05) is 41.4 Å².